The van der Waals surface area contributed by atoms with Gasteiger partial charge in [0.1, 0.15) is 5.69 Å². The van der Waals surface area contributed by atoms with E-state index in [4.69, 9.17) is 0 Å². The predicted molar refractivity (Wildman–Crippen MR) is 101 cm³/mol. The Morgan fingerprint density at radius 2 is 2.04 bits per heavy atom. The van der Waals surface area contributed by atoms with Gasteiger partial charge in [0.15, 0.2) is 0 Å². The van der Waals surface area contributed by atoms with E-state index in [2.05, 4.69) is 51.1 Å². The van der Waals surface area contributed by atoms with Crippen LogP contribution in [-0.2, 0) is 6.54 Å². The molecule has 0 aliphatic rings. The number of nitrogens with one attached hydrogen (secondary N) is 1. The van der Waals surface area contributed by atoms with Crippen molar-refractivity contribution in [1.29, 1.82) is 0 Å². The van der Waals surface area contributed by atoms with Crippen LogP contribution >= 0.6 is 27.3 Å². The SMILES string of the molecule is CC(C)=CCn1c(C(=O)Nc2ccccc2)cc2scc(Br)c21. The summed E-state index contributed by atoms with van der Waals surface area (Å²) in [6, 6.07) is 11.5. The lowest BCUT2D eigenvalue weighted by molar-refractivity contribution is 0.101. The molecule has 0 aliphatic heterocycles. The number of anilines is 1. The molecule has 1 aromatic carbocycles. The summed E-state index contributed by atoms with van der Waals surface area (Å²) in [4.78, 5) is 12.7. The van der Waals surface area contributed by atoms with Crippen LogP contribution in [0.1, 0.15) is 24.3 Å². The molecule has 0 aliphatic carbocycles. The standard InChI is InChI=1S/C18H17BrN2OS/c1-12(2)8-9-21-15(10-16-17(21)14(19)11-23-16)18(22)20-13-6-4-3-5-7-13/h3-8,10-11H,9H2,1-2H3,(H,20,22). The molecule has 3 nitrogen and oxygen atoms in total. The maximum absolute atomic E-state index is 12.7. The molecule has 0 saturated carbocycles. The Labute approximate surface area is 147 Å². The summed E-state index contributed by atoms with van der Waals surface area (Å²) < 4.78 is 4.19. The molecule has 0 saturated heterocycles. The van der Waals surface area contributed by atoms with Gasteiger partial charge in [0, 0.05) is 17.6 Å². The predicted octanol–water partition coefficient (Wildman–Crippen LogP) is 5.68. The number of carbonyl (C=O) groups excluding carboxylic acids is 1. The first-order chi connectivity index (χ1) is 11.1. The van der Waals surface area contributed by atoms with Crippen molar-refractivity contribution in [3.8, 4) is 0 Å². The molecule has 0 unspecified atom stereocenters. The average Bonchev–Trinajstić information content (AvgIpc) is 3.06. The number of fused-ring (bicyclic) bond motifs is 1. The lowest BCUT2D eigenvalue weighted by atomic mass is 10.3. The Hall–Kier alpha value is -1.85. The molecule has 2 aromatic heterocycles. The molecular formula is C18H17BrN2OS. The van der Waals surface area contributed by atoms with Crippen LogP contribution in [0, 0.1) is 0 Å². The van der Waals surface area contributed by atoms with E-state index in [0.29, 0.717) is 12.2 Å². The first-order valence-corrected chi connectivity index (χ1v) is 8.99. The highest BCUT2D eigenvalue weighted by Gasteiger charge is 2.18. The van der Waals surface area contributed by atoms with Gasteiger partial charge in [0.25, 0.3) is 5.91 Å². The third-order valence-corrected chi connectivity index (χ3v) is 5.35. The lowest BCUT2D eigenvalue weighted by Crippen LogP contribution is -2.16. The second kappa shape index (κ2) is 6.72. The van der Waals surface area contributed by atoms with Gasteiger partial charge >= 0.3 is 0 Å². The fraction of sp³-hybridized carbons (Fsp3) is 0.167. The Bertz CT molecular complexity index is 873. The van der Waals surface area contributed by atoms with Crippen molar-refractivity contribution < 1.29 is 4.79 Å². The topological polar surface area (TPSA) is 34.0 Å². The van der Waals surface area contributed by atoms with Crippen LogP contribution in [0.2, 0.25) is 0 Å². The third kappa shape index (κ3) is 3.41. The number of carbonyl (C=O) groups is 1. The van der Waals surface area contributed by atoms with Crippen molar-refractivity contribution in [2.45, 2.75) is 20.4 Å². The van der Waals surface area contributed by atoms with E-state index in [-0.39, 0.29) is 5.91 Å². The molecule has 3 rings (SSSR count). The first-order valence-electron chi connectivity index (χ1n) is 7.32. The smallest absolute Gasteiger partial charge is 0.272 e. The number of para-hydroxylation sites is 1. The van der Waals surface area contributed by atoms with Gasteiger partial charge in [0.2, 0.25) is 0 Å². The molecule has 2 heterocycles. The molecule has 23 heavy (non-hydrogen) atoms. The number of hydrogen-bond donors (Lipinski definition) is 1. The van der Waals surface area contributed by atoms with Crippen molar-refractivity contribution in [3.63, 3.8) is 0 Å². The number of thiophene rings is 1. The Balaban J connectivity index is 2.00. The van der Waals surface area contributed by atoms with Crippen LogP contribution in [0.4, 0.5) is 5.69 Å². The number of aromatic nitrogens is 1. The second-order valence-corrected chi connectivity index (χ2v) is 7.30. The van der Waals surface area contributed by atoms with Crippen molar-refractivity contribution in [2.75, 3.05) is 5.32 Å². The maximum Gasteiger partial charge on any atom is 0.272 e. The van der Waals surface area contributed by atoms with Gasteiger partial charge in [-0.2, -0.15) is 0 Å². The zero-order chi connectivity index (χ0) is 16.4. The van der Waals surface area contributed by atoms with E-state index in [1.54, 1.807) is 11.3 Å². The third-order valence-electron chi connectivity index (χ3n) is 3.52. The van der Waals surface area contributed by atoms with Gasteiger partial charge in [0.05, 0.1) is 14.7 Å². The van der Waals surface area contributed by atoms with E-state index >= 15 is 0 Å². The Morgan fingerprint density at radius 3 is 2.74 bits per heavy atom. The monoisotopic (exact) mass is 388 g/mol. The minimum Gasteiger partial charge on any atom is -0.331 e. The van der Waals surface area contributed by atoms with Gasteiger partial charge < -0.3 is 9.88 Å². The summed E-state index contributed by atoms with van der Waals surface area (Å²) in [5.41, 5.74) is 3.78. The highest BCUT2D eigenvalue weighted by Crippen LogP contribution is 2.33. The number of nitrogens with zero attached hydrogens (tertiary/aromatic N) is 1. The van der Waals surface area contributed by atoms with Gasteiger partial charge in [-0.3, -0.25) is 4.79 Å². The molecule has 0 spiro atoms. The second-order valence-electron chi connectivity index (χ2n) is 5.54. The van der Waals surface area contributed by atoms with Crippen LogP contribution in [0.5, 0.6) is 0 Å². The fourth-order valence-corrected chi connectivity index (χ4v) is 4.09. The molecule has 0 bridgehead atoms. The van der Waals surface area contributed by atoms with E-state index in [1.807, 2.05) is 36.4 Å². The number of rotatable bonds is 4. The molecular weight excluding hydrogens is 372 g/mol. The molecule has 3 aromatic rings. The van der Waals surface area contributed by atoms with Crippen molar-refractivity contribution in [1.82, 2.24) is 4.57 Å². The zero-order valence-electron chi connectivity index (χ0n) is 13.0. The van der Waals surface area contributed by atoms with E-state index in [1.165, 1.54) is 5.57 Å². The maximum atomic E-state index is 12.7. The quantitative estimate of drug-likeness (QED) is 0.572. The normalized spacial score (nSPS) is 10.7. The van der Waals surface area contributed by atoms with E-state index in [0.717, 1.165) is 20.4 Å². The molecule has 0 atom stereocenters. The summed E-state index contributed by atoms with van der Waals surface area (Å²) in [5, 5.41) is 5.02. The minimum atomic E-state index is -0.0892. The molecule has 0 fully saturated rings. The van der Waals surface area contributed by atoms with Gasteiger partial charge in [-0.15, -0.1) is 11.3 Å². The van der Waals surface area contributed by atoms with Crippen molar-refractivity contribution >= 4 is 49.1 Å². The molecule has 1 amide bonds. The van der Waals surface area contributed by atoms with Gasteiger partial charge in [-0.1, -0.05) is 29.8 Å². The summed E-state index contributed by atoms with van der Waals surface area (Å²) in [5.74, 6) is -0.0892. The molecule has 0 radical (unpaired) electrons. The number of amides is 1. The molecule has 1 N–H and O–H groups in total. The van der Waals surface area contributed by atoms with Gasteiger partial charge in [-0.05, 0) is 48.0 Å². The van der Waals surface area contributed by atoms with E-state index < -0.39 is 0 Å². The van der Waals surface area contributed by atoms with Crippen LogP contribution in [0.25, 0.3) is 10.2 Å². The van der Waals surface area contributed by atoms with Crippen LogP contribution in [-0.4, -0.2) is 10.5 Å². The summed E-state index contributed by atoms with van der Waals surface area (Å²) in [7, 11) is 0. The highest BCUT2D eigenvalue weighted by molar-refractivity contribution is 9.10. The number of benzene rings is 1. The number of hydrogen-bond acceptors (Lipinski definition) is 2. The molecule has 118 valence electrons. The van der Waals surface area contributed by atoms with Gasteiger partial charge in [-0.25, -0.2) is 0 Å². The largest absolute Gasteiger partial charge is 0.331 e. The average molecular weight is 389 g/mol. The summed E-state index contributed by atoms with van der Waals surface area (Å²) in [6.45, 7) is 4.80. The fourth-order valence-electron chi connectivity index (χ4n) is 2.40. The number of halogens is 1. The zero-order valence-corrected chi connectivity index (χ0v) is 15.4. The molecule has 5 heteroatoms. The van der Waals surface area contributed by atoms with Crippen LogP contribution in [0.15, 0.2) is 57.9 Å². The van der Waals surface area contributed by atoms with Crippen LogP contribution in [0.3, 0.4) is 0 Å². The van der Waals surface area contributed by atoms with Crippen molar-refractivity contribution in [2.24, 2.45) is 0 Å². The lowest BCUT2D eigenvalue weighted by Gasteiger charge is -2.10. The summed E-state index contributed by atoms with van der Waals surface area (Å²) >= 11 is 5.23. The van der Waals surface area contributed by atoms with E-state index in [9.17, 15) is 4.79 Å². The Kier molecular flexibility index (Phi) is 4.68. The Morgan fingerprint density at radius 1 is 1.30 bits per heavy atom. The number of allylic oxidation sites excluding steroid dienone is 2. The summed E-state index contributed by atoms with van der Waals surface area (Å²) in [6.07, 6.45) is 2.13. The highest BCUT2D eigenvalue weighted by atomic mass is 79.9. The first kappa shape index (κ1) is 16.0. The van der Waals surface area contributed by atoms with Crippen LogP contribution < -0.4 is 5.32 Å². The minimum absolute atomic E-state index is 0.0892. The van der Waals surface area contributed by atoms with Crippen molar-refractivity contribution in [3.05, 3.63) is 63.6 Å².